The van der Waals surface area contributed by atoms with E-state index in [-0.39, 0.29) is 0 Å². The Hall–Kier alpha value is -0.670. The molecule has 2 N–H and O–H groups in total. The van der Waals surface area contributed by atoms with Crippen molar-refractivity contribution in [2.75, 3.05) is 12.8 Å². The van der Waals surface area contributed by atoms with Gasteiger partial charge in [-0.05, 0) is 61.7 Å². The Morgan fingerprint density at radius 2 is 2.33 bits per heavy atom. The Labute approximate surface area is 114 Å². The maximum atomic E-state index is 9.53. The van der Waals surface area contributed by atoms with Crippen LogP contribution in [-0.2, 0) is 6.42 Å². The van der Waals surface area contributed by atoms with E-state index in [0.29, 0.717) is 11.8 Å². The Morgan fingerprint density at radius 3 is 3.11 bits per heavy atom. The van der Waals surface area contributed by atoms with Crippen molar-refractivity contribution in [3.8, 4) is 5.75 Å². The number of hydrogen-bond donors (Lipinski definition) is 2. The fourth-order valence-electron chi connectivity index (χ4n) is 2.59. The lowest BCUT2D eigenvalue weighted by Crippen LogP contribution is -2.27. The van der Waals surface area contributed by atoms with Crippen LogP contribution in [-0.4, -0.2) is 23.2 Å². The van der Waals surface area contributed by atoms with E-state index in [1.165, 1.54) is 30.4 Å². The normalized spacial score (nSPS) is 20.4. The second-order valence-electron chi connectivity index (χ2n) is 5.12. The maximum absolute atomic E-state index is 9.53. The SMILES string of the molecule is CSC(C)CCNC1CCCc2cc(O)ccc21. The molecule has 1 aromatic carbocycles. The molecule has 0 amide bonds. The molecule has 0 fully saturated rings. The molecule has 0 bridgehead atoms. The third-order valence-electron chi connectivity index (χ3n) is 3.78. The molecule has 0 saturated carbocycles. The van der Waals surface area contributed by atoms with Crippen molar-refractivity contribution in [2.24, 2.45) is 0 Å². The molecule has 0 aromatic heterocycles. The zero-order chi connectivity index (χ0) is 13.0. The summed E-state index contributed by atoms with van der Waals surface area (Å²) in [4.78, 5) is 0. The maximum Gasteiger partial charge on any atom is 0.115 e. The number of nitrogens with one attached hydrogen (secondary N) is 1. The van der Waals surface area contributed by atoms with Gasteiger partial charge in [-0.1, -0.05) is 13.0 Å². The second-order valence-corrected chi connectivity index (χ2v) is 6.39. The number of phenols is 1. The molecule has 2 atom stereocenters. The van der Waals surface area contributed by atoms with Gasteiger partial charge in [0.2, 0.25) is 0 Å². The van der Waals surface area contributed by atoms with E-state index in [0.717, 1.165) is 18.2 Å². The summed E-state index contributed by atoms with van der Waals surface area (Å²) in [5.74, 6) is 0.394. The molecule has 1 aliphatic carbocycles. The summed E-state index contributed by atoms with van der Waals surface area (Å²) >= 11 is 1.93. The van der Waals surface area contributed by atoms with Crippen LogP contribution in [0.25, 0.3) is 0 Å². The number of aryl methyl sites for hydroxylation is 1. The highest BCUT2D eigenvalue weighted by Gasteiger charge is 2.19. The van der Waals surface area contributed by atoms with E-state index in [1.807, 2.05) is 23.9 Å². The van der Waals surface area contributed by atoms with Crippen molar-refractivity contribution in [3.63, 3.8) is 0 Å². The molecule has 1 aliphatic rings. The highest BCUT2D eigenvalue weighted by atomic mass is 32.2. The van der Waals surface area contributed by atoms with Crippen LogP contribution < -0.4 is 5.32 Å². The van der Waals surface area contributed by atoms with Gasteiger partial charge in [0, 0.05) is 11.3 Å². The molecule has 2 nitrogen and oxygen atoms in total. The molecular weight excluding hydrogens is 242 g/mol. The van der Waals surface area contributed by atoms with E-state index in [1.54, 1.807) is 0 Å². The summed E-state index contributed by atoms with van der Waals surface area (Å²) in [6.07, 6.45) is 6.91. The van der Waals surface area contributed by atoms with Crippen molar-refractivity contribution in [1.82, 2.24) is 5.32 Å². The lowest BCUT2D eigenvalue weighted by Gasteiger charge is -2.27. The van der Waals surface area contributed by atoms with Crippen LogP contribution in [0.5, 0.6) is 5.75 Å². The molecule has 1 aromatic rings. The van der Waals surface area contributed by atoms with Crippen molar-refractivity contribution < 1.29 is 5.11 Å². The predicted molar refractivity (Wildman–Crippen MR) is 79.4 cm³/mol. The Bertz CT molecular complexity index is 394. The lowest BCUT2D eigenvalue weighted by atomic mass is 9.87. The van der Waals surface area contributed by atoms with Gasteiger partial charge in [-0.25, -0.2) is 0 Å². The number of fused-ring (bicyclic) bond motifs is 1. The highest BCUT2D eigenvalue weighted by molar-refractivity contribution is 7.99. The van der Waals surface area contributed by atoms with Crippen molar-refractivity contribution in [1.29, 1.82) is 0 Å². The smallest absolute Gasteiger partial charge is 0.115 e. The molecule has 3 heteroatoms. The summed E-state index contributed by atoms with van der Waals surface area (Å²) in [7, 11) is 0. The van der Waals surface area contributed by atoms with Gasteiger partial charge in [-0.15, -0.1) is 0 Å². The van der Waals surface area contributed by atoms with E-state index in [4.69, 9.17) is 0 Å². The zero-order valence-electron chi connectivity index (χ0n) is 11.3. The van der Waals surface area contributed by atoms with E-state index < -0.39 is 0 Å². The second kappa shape index (κ2) is 6.48. The summed E-state index contributed by atoms with van der Waals surface area (Å²) in [5.41, 5.74) is 2.70. The molecule has 0 saturated heterocycles. The van der Waals surface area contributed by atoms with Gasteiger partial charge in [0.15, 0.2) is 0 Å². The lowest BCUT2D eigenvalue weighted by molar-refractivity contribution is 0.447. The number of aromatic hydroxyl groups is 1. The average Bonchev–Trinajstić information content (AvgIpc) is 2.38. The minimum absolute atomic E-state index is 0.394. The summed E-state index contributed by atoms with van der Waals surface area (Å²) in [6.45, 7) is 3.35. The molecule has 100 valence electrons. The number of thioether (sulfide) groups is 1. The van der Waals surface area contributed by atoms with E-state index in [2.05, 4.69) is 24.6 Å². The number of benzene rings is 1. The third-order valence-corrected chi connectivity index (χ3v) is 4.83. The van der Waals surface area contributed by atoms with Crippen molar-refractivity contribution >= 4 is 11.8 Å². The van der Waals surface area contributed by atoms with Crippen LogP contribution in [0.15, 0.2) is 18.2 Å². The van der Waals surface area contributed by atoms with Crippen LogP contribution in [0.1, 0.15) is 43.4 Å². The van der Waals surface area contributed by atoms with Crippen LogP contribution in [0.4, 0.5) is 0 Å². The number of hydrogen-bond acceptors (Lipinski definition) is 3. The molecule has 0 heterocycles. The van der Waals surface area contributed by atoms with Gasteiger partial charge >= 0.3 is 0 Å². The summed E-state index contributed by atoms with van der Waals surface area (Å²) in [6, 6.07) is 6.29. The first-order chi connectivity index (χ1) is 8.70. The van der Waals surface area contributed by atoms with E-state index in [9.17, 15) is 5.11 Å². The first-order valence-corrected chi connectivity index (χ1v) is 8.07. The first-order valence-electron chi connectivity index (χ1n) is 6.78. The molecular formula is C15H23NOS. The summed E-state index contributed by atoms with van der Waals surface area (Å²) in [5, 5.41) is 13.9. The minimum atomic E-state index is 0.394. The predicted octanol–water partition coefficient (Wildman–Crippen LogP) is 3.50. The number of rotatable bonds is 5. The Balaban J connectivity index is 1.95. The number of phenolic OH excluding ortho intramolecular Hbond substituents is 1. The Morgan fingerprint density at radius 1 is 1.50 bits per heavy atom. The fourth-order valence-corrected chi connectivity index (χ4v) is 2.94. The van der Waals surface area contributed by atoms with Gasteiger partial charge in [0.25, 0.3) is 0 Å². The topological polar surface area (TPSA) is 32.3 Å². The van der Waals surface area contributed by atoms with Gasteiger partial charge in [-0.2, -0.15) is 11.8 Å². The van der Waals surface area contributed by atoms with E-state index >= 15 is 0 Å². The van der Waals surface area contributed by atoms with Crippen molar-refractivity contribution in [3.05, 3.63) is 29.3 Å². The zero-order valence-corrected chi connectivity index (χ0v) is 12.1. The van der Waals surface area contributed by atoms with Gasteiger partial charge in [0.05, 0.1) is 0 Å². The molecule has 0 radical (unpaired) electrons. The van der Waals surface area contributed by atoms with Gasteiger partial charge in [0.1, 0.15) is 5.75 Å². The quantitative estimate of drug-likeness (QED) is 0.854. The monoisotopic (exact) mass is 265 g/mol. The largest absolute Gasteiger partial charge is 0.508 e. The van der Waals surface area contributed by atoms with Gasteiger partial charge < -0.3 is 10.4 Å². The first kappa shape index (κ1) is 13.8. The Kier molecular flexibility index (Phi) is 4.95. The standard InChI is InChI=1S/C15H23NOS/c1-11(18-2)8-9-16-15-5-3-4-12-10-13(17)6-7-14(12)15/h6-7,10-11,15-17H,3-5,8-9H2,1-2H3. The van der Waals surface area contributed by atoms with Crippen molar-refractivity contribution in [2.45, 2.75) is 43.9 Å². The fraction of sp³-hybridized carbons (Fsp3) is 0.600. The molecule has 0 spiro atoms. The van der Waals surface area contributed by atoms with Crippen LogP contribution in [0.3, 0.4) is 0 Å². The van der Waals surface area contributed by atoms with Crippen LogP contribution >= 0.6 is 11.8 Å². The molecule has 2 rings (SSSR count). The molecule has 0 aliphatic heterocycles. The van der Waals surface area contributed by atoms with Gasteiger partial charge in [-0.3, -0.25) is 0 Å². The van der Waals surface area contributed by atoms with Crippen LogP contribution in [0, 0.1) is 0 Å². The minimum Gasteiger partial charge on any atom is -0.508 e. The summed E-state index contributed by atoms with van der Waals surface area (Å²) < 4.78 is 0. The van der Waals surface area contributed by atoms with Crippen LogP contribution in [0.2, 0.25) is 0 Å². The molecule has 2 unspecified atom stereocenters. The average molecular weight is 265 g/mol. The highest BCUT2D eigenvalue weighted by Crippen LogP contribution is 2.31. The molecule has 18 heavy (non-hydrogen) atoms. The third kappa shape index (κ3) is 3.42.